The molecule has 0 aliphatic carbocycles. The Hall–Kier alpha value is -1.88. The minimum absolute atomic E-state index is 0.0595. The molecule has 1 aliphatic rings. The first-order valence-corrected chi connectivity index (χ1v) is 6.92. The molecule has 1 aromatic carbocycles. The van der Waals surface area contributed by atoms with Gasteiger partial charge in [0, 0.05) is 31.7 Å². The summed E-state index contributed by atoms with van der Waals surface area (Å²) in [5, 5.41) is 6.15. The lowest BCUT2D eigenvalue weighted by atomic mass is 10.0. The van der Waals surface area contributed by atoms with Crippen molar-refractivity contribution in [2.24, 2.45) is 0 Å². The normalized spacial score (nSPS) is 20.6. The molecule has 1 saturated heterocycles. The van der Waals surface area contributed by atoms with Crippen molar-refractivity contribution in [2.45, 2.75) is 31.8 Å². The highest BCUT2D eigenvalue weighted by atomic mass is 16.2. The van der Waals surface area contributed by atoms with E-state index >= 15 is 0 Å². The average Bonchev–Trinajstić information content (AvgIpc) is 2.44. The van der Waals surface area contributed by atoms with Gasteiger partial charge in [0.25, 0.3) is 0 Å². The Labute approximate surface area is 119 Å². The number of carbonyl (C=O) groups is 2. The van der Waals surface area contributed by atoms with Crippen molar-refractivity contribution in [3.63, 3.8) is 0 Å². The smallest absolute Gasteiger partial charge is 0.241 e. The second kappa shape index (κ2) is 6.52. The Morgan fingerprint density at radius 1 is 1.35 bits per heavy atom. The second-order valence-corrected chi connectivity index (χ2v) is 5.25. The van der Waals surface area contributed by atoms with Gasteiger partial charge < -0.3 is 15.5 Å². The molecule has 2 atom stereocenters. The molecule has 0 bridgehead atoms. The number of piperidine rings is 1. The van der Waals surface area contributed by atoms with E-state index in [9.17, 15) is 9.59 Å². The number of likely N-dealkylation sites (N-methyl/N-ethyl adjacent to an activating group) is 1. The molecule has 1 heterocycles. The molecule has 108 valence electrons. The Balaban J connectivity index is 1.84. The van der Waals surface area contributed by atoms with Crippen molar-refractivity contribution >= 4 is 17.5 Å². The van der Waals surface area contributed by atoms with Gasteiger partial charge in [-0.3, -0.25) is 9.59 Å². The average molecular weight is 275 g/mol. The highest BCUT2D eigenvalue weighted by Crippen LogP contribution is 2.11. The van der Waals surface area contributed by atoms with Crippen LogP contribution < -0.4 is 10.6 Å². The molecule has 2 N–H and O–H groups in total. The molecular weight excluding hydrogens is 254 g/mol. The topological polar surface area (TPSA) is 61.4 Å². The van der Waals surface area contributed by atoms with Crippen molar-refractivity contribution < 1.29 is 9.59 Å². The summed E-state index contributed by atoms with van der Waals surface area (Å²) in [6.45, 7) is 2.50. The number of likely N-dealkylation sites (tertiary alicyclic amines) is 1. The summed E-state index contributed by atoms with van der Waals surface area (Å²) in [7, 11) is 1.80. The van der Waals surface area contributed by atoms with Crippen molar-refractivity contribution in [2.75, 3.05) is 18.9 Å². The lowest BCUT2D eigenvalue weighted by Crippen LogP contribution is -2.51. The molecule has 0 saturated carbocycles. The molecule has 0 aromatic heterocycles. The largest absolute Gasteiger partial charge is 0.344 e. The fourth-order valence-electron chi connectivity index (χ4n) is 2.35. The number of para-hydroxylation sites is 1. The van der Waals surface area contributed by atoms with Crippen molar-refractivity contribution in [3.8, 4) is 0 Å². The van der Waals surface area contributed by atoms with Crippen LogP contribution in [0.4, 0.5) is 5.69 Å². The number of rotatable bonds is 4. The van der Waals surface area contributed by atoms with Crippen LogP contribution in [0, 0.1) is 0 Å². The molecule has 1 aromatic rings. The molecule has 1 aliphatic heterocycles. The number of carbonyl (C=O) groups excluding carboxylic acids is 2. The molecule has 1 fully saturated rings. The summed E-state index contributed by atoms with van der Waals surface area (Å²) in [5.74, 6) is 0.111. The highest BCUT2D eigenvalue weighted by molar-refractivity contribution is 5.94. The lowest BCUT2D eigenvalue weighted by molar-refractivity contribution is -0.132. The van der Waals surface area contributed by atoms with E-state index < -0.39 is 0 Å². The summed E-state index contributed by atoms with van der Waals surface area (Å²) < 4.78 is 0. The SMILES string of the molecule is CC(NC1CCC(=O)N(C)C1)C(=O)Nc1ccccc1. The van der Waals surface area contributed by atoms with Crippen molar-refractivity contribution in [3.05, 3.63) is 30.3 Å². The standard InChI is InChI=1S/C15H21N3O2/c1-11(15(20)17-12-6-4-3-5-7-12)16-13-8-9-14(19)18(2)10-13/h3-7,11,13,16H,8-10H2,1-2H3,(H,17,20). The monoisotopic (exact) mass is 275 g/mol. The third-order valence-electron chi connectivity index (χ3n) is 3.55. The maximum absolute atomic E-state index is 12.1. The second-order valence-electron chi connectivity index (χ2n) is 5.25. The van der Waals surface area contributed by atoms with Gasteiger partial charge in [-0.15, -0.1) is 0 Å². The van der Waals surface area contributed by atoms with E-state index in [4.69, 9.17) is 0 Å². The third-order valence-corrected chi connectivity index (χ3v) is 3.55. The minimum Gasteiger partial charge on any atom is -0.344 e. The van der Waals surface area contributed by atoms with E-state index in [2.05, 4.69) is 10.6 Å². The van der Waals surface area contributed by atoms with Crippen LogP contribution in [0.15, 0.2) is 30.3 Å². The van der Waals surface area contributed by atoms with E-state index in [1.165, 1.54) is 0 Å². The number of nitrogens with zero attached hydrogens (tertiary/aromatic N) is 1. The Morgan fingerprint density at radius 2 is 2.05 bits per heavy atom. The zero-order valence-corrected chi connectivity index (χ0v) is 11.9. The molecule has 2 amide bonds. The zero-order valence-electron chi connectivity index (χ0n) is 11.9. The van der Waals surface area contributed by atoms with E-state index in [0.717, 1.165) is 12.1 Å². The fourth-order valence-corrected chi connectivity index (χ4v) is 2.35. The lowest BCUT2D eigenvalue weighted by Gasteiger charge is -2.31. The number of benzene rings is 1. The number of anilines is 1. The summed E-state index contributed by atoms with van der Waals surface area (Å²) in [5.41, 5.74) is 0.794. The van der Waals surface area contributed by atoms with Crippen LogP contribution >= 0.6 is 0 Å². The van der Waals surface area contributed by atoms with Crippen LogP contribution in [0.2, 0.25) is 0 Å². The first-order valence-electron chi connectivity index (χ1n) is 6.92. The fraction of sp³-hybridized carbons (Fsp3) is 0.467. The Kier molecular flexibility index (Phi) is 4.74. The maximum Gasteiger partial charge on any atom is 0.241 e. The summed E-state index contributed by atoms with van der Waals surface area (Å²) >= 11 is 0. The first-order chi connectivity index (χ1) is 9.56. The van der Waals surface area contributed by atoms with Gasteiger partial charge in [0.15, 0.2) is 0 Å². The molecule has 5 heteroatoms. The van der Waals surface area contributed by atoms with Crippen LogP contribution in [0.1, 0.15) is 19.8 Å². The molecule has 20 heavy (non-hydrogen) atoms. The number of nitrogens with one attached hydrogen (secondary N) is 2. The first kappa shape index (κ1) is 14.5. The van der Waals surface area contributed by atoms with Gasteiger partial charge in [-0.25, -0.2) is 0 Å². The van der Waals surface area contributed by atoms with E-state index in [0.29, 0.717) is 13.0 Å². The van der Waals surface area contributed by atoms with Crippen molar-refractivity contribution in [1.29, 1.82) is 0 Å². The van der Waals surface area contributed by atoms with Crippen LogP contribution in [0.3, 0.4) is 0 Å². The number of amides is 2. The summed E-state index contributed by atoms with van der Waals surface area (Å²) in [6.07, 6.45) is 1.33. The maximum atomic E-state index is 12.1. The van der Waals surface area contributed by atoms with Crippen LogP contribution in [-0.4, -0.2) is 42.4 Å². The Morgan fingerprint density at radius 3 is 2.70 bits per heavy atom. The van der Waals surface area contributed by atoms with Gasteiger partial charge in [0.1, 0.15) is 0 Å². The number of hydrogen-bond acceptors (Lipinski definition) is 3. The predicted molar refractivity (Wildman–Crippen MR) is 78.3 cm³/mol. The Bertz CT molecular complexity index is 475. The zero-order chi connectivity index (χ0) is 14.5. The minimum atomic E-state index is -0.290. The van der Waals surface area contributed by atoms with Crippen LogP contribution in [0.5, 0.6) is 0 Å². The van der Waals surface area contributed by atoms with Gasteiger partial charge in [-0.05, 0) is 25.5 Å². The number of hydrogen-bond donors (Lipinski definition) is 2. The molecule has 0 radical (unpaired) electrons. The predicted octanol–water partition coefficient (Wildman–Crippen LogP) is 1.22. The third kappa shape index (κ3) is 3.81. The van der Waals surface area contributed by atoms with Gasteiger partial charge in [0.05, 0.1) is 6.04 Å². The highest BCUT2D eigenvalue weighted by Gasteiger charge is 2.25. The molecule has 2 rings (SSSR count). The summed E-state index contributed by atoms with van der Waals surface area (Å²) in [6, 6.07) is 9.28. The van der Waals surface area contributed by atoms with Gasteiger partial charge in [-0.1, -0.05) is 18.2 Å². The van der Waals surface area contributed by atoms with Gasteiger partial charge >= 0.3 is 0 Å². The van der Waals surface area contributed by atoms with E-state index in [-0.39, 0.29) is 23.9 Å². The van der Waals surface area contributed by atoms with Crippen molar-refractivity contribution in [1.82, 2.24) is 10.2 Å². The van der Waals surface area contributed by atoms with E-state index in [1.54, 1.807) is 11.9 Å². The van der Waals surface area contributed by atoms with Gasteiger partial charge in [0.2, 0.25) is 11.8 Å². The molecule has 0 spiro atoms. The van der Waals surface area contributed by atoms with Crippen LogP contribution in [-0.2, 0) is 9.59 Å². The quantitative estimate of drug-likeness (QED) is 0.868. The summed E-state index contributed by atoms with van der Waals surface area (Å²) in [4.78, 5) is 25.2. The van der Waals surface area contributed by atoms with E-state index in [1.807, 2.05) is 37.3 Å². The molecule has 5 nitrogen and oxygen atoms in total. The molecular formula is C15H21N3O2. The van der Waals surface area contributed by atoms with Crippen LogP contribution in [0.25, 0.3) is 0 Å². The molecule has 2 unspecified atom stereocenters. The van der Waals surface area contributed by atoms with Gasteiger partial charge in [-0.2, -0.15) is 0 Å².